The number of carbonyl (C=O) groups excluding carboxylic acids is 2. The Hall–Kier alpha value is -2.02. The molecule has 0 unspecified atom stereocenters. The molecule has 1 atom stereocenters. The van der Waals surface area contributed by atoms with Gasteiger partial charge in [0.2, 0.25) is 5.91 Å². The standard InChI is InChI=1S/C17H24ClN3O4/c1-11(22)19-8-12-7-14(9-20-15(12)18)24-10-13-5-6-21(13)16(23)25-17(2,3)4/h7,9,13H,5-6,8,10H2,1-4H3,(H,19,22)/t13-/m0/s1. The SMILES string of the molecule is CC(=O)NCc1cc(OC[C@@H]2CCN2C(=O)OC(C)(C)C)cnc1Cl. The highest BCUT2D eigenvalue weighted by molar-refractivity contribution is 6.30. The largest absolute Gasteiger partial charge is 0.490 e. The molecular formula is C17H24ClN3O4. The number of pyridine rings is 1. The van der Waals surface area contributed by atoms with Gasteiger partial charge in [0.05, 0.1) is 12.2 Å². The topological polar surface area (TPSA) is 80.8 Å². The summed E-state index contributed by atoms with van der Waals surface area (Å²) in [6, 6.07) is 1.71. The van der Waals surface area contributed by atoms with Gasteiger partial charge in [-0.25, -0.2) is 9.78 Å². The molecular weight excluding hydrogens is 346 g/mol. The summed E-state index contributed by atoms with van der Waals surface area (Å²) in [5.74, 6) is 0.394. The van der Waals surface area contributed by atoms with Gasteiger partial charge in [0.15, 0.2) is 0 Å². The van der Waals surface area contributed by atoms with Gasteiger partial charge in [-0.15, -0.1) is 0 Å². The van der Waals surface area contributed by atoms with Crippen molar-refractivity contribution < 1.29 is 19.1 Å². The van der Waals surface area contributed by atoms with Crippen molar-refractivity contribution in [2.24, 2.45) is 0 Å². The van der Waals surface area contributed by atoms with E-state index in [0.717, 1.165) is 6.42 Å². The van der Waals surface area contributed by atoms with E-state index < -0.39 is 5.60 Å². The Morgan fingerprint density at radius 2 is 2.16 bits per heavy atom. The lowest BCUT2D eigenvalue weighted by atomic mass is 10.1. The Morgan fingerprint density at radius 1 is 1.44 bits per heavy atom. The van der Waals surface area contributed by atoms with Gasteiger partial charge in [0.1, 0.15) is 23.1 Å². The number of nitrogens with zero attached hydrogens (tertiary/aromatic N) is 2. The molecule has 2 amide bonds. The normalized spacial score (nSPS) is 16.8. The van der Waals surface area contributed by atoms with Crippen LogP contribution in [0.15, 0.2) is 12.3 Å². The van der Waals surface area contributed by atoms with Crippen molar-refractivity contribution in [3.05, 3.63) is 23.0 Å². The van der Waals surface area contributed by atoms with Gasteiger partial charge in [-0.1, -0.05) is 11.6 Å². The molecule has 0 bridgehead atoms. The van der Waals surface area contributed by atoms with E-state index in [4.69, 9.17) is 21.1 Å². The fourth-order valence-electron chi connectivity index (χ4n) is 2.26. The van der Waals surface area contributed by atoms with Crippen LogP contribution in [0.4, 0.5) is 4.79 Å². The highest BCUT2D eigenvalue weighted by atomic mass is 35.5. The first kappa shape index (κ1) is 19.3. The second-order valence-electron chi connectivity index (χ2n) is 6.96. The first-order valence-corrected chi connectivity index (χ1v) is 8.55. The van der Waals surface area contributed by atoms with Gasteiger partial charge in [-0.2, -0.15) is 0 Å². The van der Waals surface area contributed by atoms with Crippen LogP contribution in [-0.4, -0.2) is 46.7 Å². The van der Waals surface area contributed by atoms with Crippen molar-refractivity contribution in [2.45, 2.75) is 52.3 Å². The molecule has 138 valence electrons. The lowest BCUT2D eigenvalue weighted by Gasteiger charge is -2.41. The van der Waals surface area contributed by atoms with Crippen LogP contribution < -0.4 is 10.1 Å². The average molecular weight is 370 g/mol. The number of rotatable bonds is 5. The third-order valence-electron chi connectivity index (χ3n) is 3.63. The maximum Gasteiger partial charge on any atom is 0.410 e. The predicted molar refractivity (Wildman–Crippen MR) is 93.6 cm³/mol. The smallest absolute Gasteiger partial charge is 0.410 e. The third-order valence-corrected chi connectivity index (χ3v) is 3.97. The summed E-state index contributed by atoms with van der Waals surface area (Å²) in [6.45, 7) is 8.25. The molecule has 7 nitrogen and oxygen atoms in total. The molecule has 0 aliphatic carbocycles. The molecule has 1 saturated heterocycles. The van der Waals surface area contributed by atoms with Crippen molar-refractivity contribution in [1.82, 2.24) is 15.2 Å². The Labute approximate surface area is 152 Å². The highest BCUT2D eigenvalue weighted by Crippen LogP contribution is 2.24. The molecule has 0 saturated carbocycles. The molecule has 2 heterocycles. The zero-order chi connectivity index (χ0) is 18.6. The van der Waals surface area contributed by atoms with E-state index in [1.165, 1.54) is 13.1 Å². The van der Waals surface area contributed by atoms with Crippen LogP contribution in [-0.2, 0) is 16.1 Å². The molecule has 0 spiro atoms. The number of hydrogen-bond donors (Lipinski definition) is 1. The van der Waals surface area contributed by atoms with Gasteiger partial charge in [-0.3, -0.25) is 4.79 Å². The fourth-order valence-corrected chi connectivity index (χ4v) is 2.43. The monoisotopic (exact) mass is 369 g/mol. The molecule has 0 radical (unpaired) electrons. The molecule has 1 aliphatic heterocycles. The van der Waals surface area contributed by atoms with Crippen molar-refractivity contribution >= 4 is 23.6 Å². The number of amides is 2. The second-order valence-corrected chi connectivity index (χ2v) is 7.32. The Balaban J connectivity index is 1.89. The second kappa shape index (κ2) is 7.91. The fraction of sp³-hybridized carbons (Fsp3) is 0.588. The zero-order valence-corrected chi connectivity index (χ0v) is 15.7. The third kappa shape index (κ3) is 5.77. The van der Waals surface area contributed by atoms with Crippen molar-refractivity contribution in [1.29, 1.82) is 0 Å². The van der Waals surface area contributed by atoms with Crippen LogP contribution in [0.1, 0.15) is 39.7 Å². The minimum atomic E-state index is -0.517. The van der Waals surface area contributed by atoms with E-state index in [1.807, 2.05) is 20.8 Å². The maximum absolute atomic E-state index is 12.1. The van der Waals surface area contributed by atoms with Crippen LogP contribution in [0.5, 0.6) is 5.75 Å². The maximum atomic E-state index is 12.1. The number of nitrogens with one attached hydrogen (secondary N) is 1. The Morgan fingerprint density at radius 3 is 2.72 bits per heavy atom. The number of aromatic nitrogens is 1. The summed E-state index contributed by atoms with van der Waals surface area (Å²) >= 11 is 6.02. The van der Waals surface area contributed by atoms with Gasteiger partial charge in [0.25, 0.3) is 0 Å². The van der Waals surface area contributed by atoms with Crippen molar-refractivity contribution in [3.63, 3.8) is 0 Å². The summed E-state index contributed by atoms with van der Waals surface area (Å²) in [7, 11) is 0. The van der Waals surface area contributed by atoms with E-state index in [2.05, 4.69) is 10.3 Å². The summed E-state index contributed by atoms with van der Waals surface area (Å²) in [4.78, 5) is 28.8. The van der Waals surface area contributed by atoms with Crippen LogP contribution in [0.2, 0.25) is 5.15 Å². The summed E-state index contributed by atoms with van der Waals surface area (Å²) in [5, 5.41) is 2.99. The molecule has 1 N–H and O–H groups in total. The molecule has 2 rings (SSSR count). The first-order chi connectivity index (χ1) is 11.7. The van der Waals surface area contributed by atoms with Crippen LogP contribution in [0.3, 0.4) is 0 Å². The van der Waals surface area contributed by atoms with E-state index in [-0.39, 0.29) is 24.6 Å². The van der Waals surface area contributed by atoms with Gasteiger partial charge in [0, 0.05) is 25.6 Å². The van der Waals surface area contributed by atoms with Crippen molar-refractivity contribution in [3.8, 4) is 5.75 Å². The molecule has 1 aromatic heterocycles. The molecule has 1 fully saturated rings. The quantitative estimate of drug-likeness (QED) is 0.807. The number of ether oxygens (including phenoxy) is 2. The molecule has 25 heavy (non-hydrogen) atoms. The Bertz CT molecular complexity index is 645. The van der Waals surface area contributed by atoms with Crippen LogP contribution in [0.25, 0.3) is 0 Å². The molecule has 0 aromatic carbocycles. The summed E-state index contributed by atoms with van der Waals surface area (Å²) in [6.07, 6.45) is 2.06. The van der Waals surface area contributed by atoms with E-state index in [0.29, 0.717) is 29.6 Å². The van der Waals surface area contributed by atoms with Gasteiger partial charge in [-0.05, 0) is 33.3 Å². The minimum absolute atomic E-state index is 0.0238. The van der Waals surface area contributed by atoms with Gasteiger partial charge < -0.3 is 19.7 Å². The van der Waals surface area contributed by atoms with E-state index in [1.54, 1.807) is 11.0 Å². The van der Waals surface area contributed by atoms with E-state index in [9.17, 15) is 9.59 Å². The molecule has 1 aliphatic rings. The zero-order valence-electron chi connectivity index (χ0n) is 15.0. The molecule has 8 heteroatoms. The lowest BCUT2D eigenvalue weighted by Crippen LogP contribution is -2.55. The number of carbonyl (C=O) groups is 2. The van der Waals surface area contributed by atoms with Crippen molar-refractivity contribution in [2.75, 3.05) is 13.2 Å². The average Bonchev–Trinajstić information content (AvgIpc) is 2.44. The summed E-state index contributed by atoms with van der Waals surface area (Å²) in [5.41, 5.74) is 0.156. The van der Waals surface area contributed by atoms with Gasteiger partial charge >= 0.3 is 6.09 Å². The summed E-state index contributed by atoms with van der Waals surface area (Å²) < 4.78 is 11.1. The number of likely N-dealkylation sites (tertiary alicyclic amines) is 1. The lowest BCUT2D eigenvalue weighted by molar-refractivity contribution is -0.119. The minimum Gasteiger partial charge on any atom is -0.490 e. The van der Waals surface area contributed by atoms with E-state index >= 15 is 0 Å². The first-order valence-electron chi connectivity index (χ1n) is 8.17. The molecule has 1 aromatic rings. The van der Waals surface area contributed by atoms with Crippen LogP contribution in [0, 0.1) is 0 Å². The number of hydrogen-bond acceptors (Lipinski definition) is 5. The van der Waals surface area contributed by atoms with Crippen LogP contribution >= 0.6 is 11.6 Å². The highest BCUT2D eigenvalue weighted by Gasteiger charge is 2.35. The number of halogens is 1. The Kier molecular flexibility index (Phi) is 6.11. The predicted octanol–water partition coefficient (Wildman–Crippen LogP) is 2.76.